The van der Waals surface area contributed by atoms with E-state index in [2.05, 4.69) is 10.6 Å². The zero-order chi connectivity index (χ0) is 24.9. The smallest absolute Gasteiger partial charge is 0.196 e. The molecule has 2 unspecified atom stereocenters. The Morgan fingerprint density at radius 2 is 1.53 bits per heavy atom. The second kappa shape index (κ2) is 11.5. The lowest BCUT2D eigenvalue weighted by Gasteiger charge is -2.18. The standard InChI is InChI=1S/C29H39N3O4/c1-2-34-23-16-24(36-15-5-7-20-11-13-32-18-20)28(30)27-26(23)25-21(29(27)33)8-3-9-22(25)35-14-4-6-19-10-12-31-17-19/h3,8-9,16,19-20,31-32H,2,4-7,10-15,17-18,30H2,1H3. The summed E-state index contributed by atoms with van der Waals surface area (Å²) in [6, 6.07) is 7.51. The molecule has 2 heterocycles. The van der Waals surface area contributed by atoms with Gasteiger partial charge in [0.2, 0.25) is 0 Å². The fraction of sp³-hybridized carbons (Fsp3) is 0.552. The molecule has 0 saturated carbocycles. The van der Waals surface area contributed by atoms with Gasteiger partial charge in [-0.05, 0) is 89.5 Å². The Morgan fingerprint density at radius 1 is 0.861 bits per heavy atom. The molecule has 0 aromatic heterocycles. The van der Waals surface area contributed by atoms with Crippen LogP contribution in [0, 0.1) is 11.8 Å². The van der Waals surface area contributed by atoms with E-state index in [9.17, 15) is 4.79 Å². The van der Waals surface area contributed by atoms with E-state index in [4.69, 9.17) is 19.9 Å². The molecule has 5 rings (SSSR count). The summed E-state index contributed by atoms with van der Waals surface area (Å²) in [4.78, 5) is 13.5. The molecule has 2 aromatic rings. The van der Waals surface area contributed by atoms with Crippen LogP contribution in [0.25, 0.3) is 11.1 Å². The van der Waals surface area contributed by atoms with Crippen molar-refractivity contribution in [1.82, 2.24) is 10.6 Å². The van der Waals surface area contributed by atoms with E-state index in [1.54, 1.807) is 0 Å². The zero-order valence-corrected chi connectivity index (χ0v) is 21.4. The number of rotatable bonds is 12. The van der Waals surface area contributed by atoms with E-state index < -0.39 is 0 Å². The van der Waals surface area contributed by atoms with Gasteiger partial charge in [-0.2, -0.15) is 0 Å². The third kappa shape index (κ3) is 5.18. The van der Waals surface area contributed by atoms with E-state index in [0.717, 1.165) is 68.9 Å². The third-order valence-corrected chi connectivity index (χ3v) is 7.69. The van der Waals surface area contributed by atoms with Gasteiger partial charge in [-0.1, -0.05) is 12.1 Å². The van der Waals surface area contributed by atoms with E-state index >= 15 is 0 Å². The van der Waals surface area contributed by atoms with Crippen molar-refractivity contribution in [2.75, 3.05) is 51.7 Å². The lowest BCUT2D eigenvalue weighted by molar-refractivity contribution is 0.104. The number of nitrogens with two attached hydrogens (primary N) is 1. The van der Waals surface area contributed by atoms with E-state index in [-0.39, 0.29) is 5.78 Å². The lowest BCUT2D eigenvalue weighted by Crippen LogP contribution is -2.10. The molecule has 0 spiro atoms. The molecule has 3 aliphatic rings. The first-order chi connectivity index (χ1) is 17.7. The summed E-state index contributed by atoms with van der Waals surface area (Å²) in [6.45, 7) is 8.01. The van der Waals surface area contributed by atoms with E-state index in [1.165, 1.54) is 12.8 Å². The van der Waals surface area contributed by atoms with Crippen molar-refractivity contribution >= 4 is 11.5 Å². The second-order valence-corrected chi connectivity index (χ2v) is 10.2. The Morgan fingerprint density at radius 3 is 2.14 bits per heavy atom. The van der Waals surface area contributed by atoms with Gasteiger partial charge in [0.15, 0.2) is 5.78 Å². The van der Waals surface area contributed by atoms with Gasteiger partial charge in [-0.15, -0.1) is 0 Å². The Bertz CT molecular complexity index is 1070. The lowest BCUT2D eigenvalue weighted by atomic mass is 10.0. The van der Waals surface area contributed by atoms with Gasteiger partial charge in [0.05, 0.1) is 31.1 Å². The van der Waals surface area contributed by atoms with E-state index in [0.29, 0.717) is 59.8 Å². The van der Waals surface area contributed by atoms with Crippen LogP contribution in [0.15, 0.2) is 24.3 Å². The quantitative estimate of drug-likeness (QED) is 0.254. The predicted octanol–water partition coefficient (Wildman–Crippen LogP) is 4.42. The summed E-state index contributed by atoms with van der Waals surface area (Å²) in [7, 11) is 0. The van der Waals surface area contributed by atoms with Crippen LogP contribution in [-0.4, -0.2) is 51.8 Å². The first kappa shape index (κ1) is 24.9. The number of nitrogens with one attached hydrogen (secondary N) is 2. The van der Waals surface area contributed by atoms with Crippen molar-refractivity contribution in [3.8, 4) is 28.4 Å². The molecule has 194 valence electrons. The molecule has 2 aliphatic heterocycles. The molecule has 0 amide bonds. The minimum Gasteiger partial charge on any atom is -0.493 e. The highest BCUT2D eigenvalue weighted by Crippen LogP contribution is 2.52. The maximum Gasteiger partial charge on any atom is 0.196 e. The summed E-state index contributed by atoms with van der Waals surface area (Å²) in [5.41, 5.74) is 9.55. The summed E-state index contributed by atoms with van der Waals surface area (Å²) < 4.78 is 18.4. The first-order valence-corrected chi connectivity index (χ1v) is 13.6. The van der Waals surface area contributed by atoms with Crippen LogP contribution in [-0.2, 0) is 0 Å². The van der Waals surface area contributed by atoms with Crippen LogP contribution in [0.5, 0.6) is 17.2 Å². The molecule has 0 bridgehead atoms. The maximum atomic E-state index is 13.5. The van der Waals surface area contributed by atoms with Crippen LogP contribution in [0.2, 0.25) is 0 Å². The average Bonchev–Trinajstić information content (AvgIpc) is 3.64. The molecular formula is C29H39N3O4. The van der Waals surface area contributed by atoms with Gasteiger partial charge in [0.1, 0.15) is 17.2 Å². The van der Waals surface area contributed by atoms with Crippen molar-refractivity contribution in [2.24, 2.45) is 11.8 Å². The predicted molar refractivity (Wildman–Crippen MR) is 142 cm³/mol. The molecule has 4 N–H and O–H groups in total. The number of ketones is 1. The number of anilines is 1. The third-order valence-electron chi connectivity index (χ3n) is 7.69. The number of hydrogen-bond acceptors (Lipinski definition) is 7. The van der Waals surface area contributed by atoms with Crippen molar-refractivity contribution < 1.29 is 19.0 Å². The van der Waals surface area contributed by atoms with Crippen LogP contribution >= 0.6 is 0 Å². The first-order valence-electron chi connectivity index (χ1n) is 13.6. The molecule has 2 saturated heterocycles. The second-order valence-electron chi connectivity index (χ2n) is 10.2. The fourth-order valence-electron chi connectivity index (χ4n) is 5.79. The fourth-order valence-corrected chi connectivity index (χ4v) is 5.79. The van der Waals surface area contributed by atoms with Crippen molar-refractivity contribution in [3.63, 3.8) is 0 Å². The Balaban J connectivity index is 1.34. The topological polar surface area (TPSA) is 94.8 Å². The monoisotopic (exact) mass is 493 g/mol. The molecular weight excluding hydrogens is 454 g/mol. The molecule has 0 radical (unpaired) electrons. The minimum absolute atomic E-state index is 0.0941. The molecule has 7 nitrogen and oxygen atoms in total. The Kier molecular flexibility index (Phi) is 7.97. The largest absolute Gasteiger partial charge is 0.493 e. The minimum atomic E-state index is -0.0941. The van der Waals surface area contributed by atoms with Gasteiger partial charge in [-0.25, -0.2) is 0 Å². The molecule has 36 heavy (non-hydrogen) atoms. The van der Waals surface area contributed by atoms with Crippen LogP contribution in [0.4, 0.5) is 5.69 Å². The van der Waals surface area contributed by atoms with E-state index in [1.807, 2.05) is 31.2 Å². The summed E-state index contributed by atoms with van der Waals surface area (Å²) in [5.74, 6) is 3.21. The van der Waals surface area contributed by atoms with Crippen LogP contribution < -0.4 is 30.6 Å². The number of nitrogen functional groups attached to an aromatic ring is 1. The average molecular weight is 494 g/mol. The Hall–Kier alpha value is -2.77. The molecule has 2 atom stereocenters. The number of ether oxygens (including phenoxy) is 3. The highest BCUT2D eigenvalue weighted by Gasteiger charge is 2.36. The van der Waals surface area contributed by atoms with Crippen LogP contribution in [0.1, 0.15) is 61.4 Å². The molecule has 1 aliphatic carbocycles. The summed E-state index contributed by atoms with van der Waals surface area (Å²) in [5, 5.41) is 6.83. The van der Waals surface area contributed by atoms with Crippen LogP contribution in [0.3, 0.4) is 0 Å². The highest BCUT2D eigenvalue weighted by molar-refractivity contribution is 6.26. The molecule has 2 fully saturated rings. The number of fused-ring (bicyclic) bond motifs is 3. The normalized spacial score (nSPS) is 20.4. The van der Waals surface area contributed by atoms with Gasteiger partial charge in [-0.3, -0.25) is 4.79 Å². The summed E-state index contributed by atoms with van der Waals surface area (Å²) in [6.07, 6.45) is 6.67. The van der Waals surface area contributed by atoms with Gasteiger partial charge in [0.25, 0.3) is 0 Å². The number of hydrogen-bond donors (Lipinski definition) is 3. The maximum absolute atomic E-state index is 13.5. The Labute approximate surface area is 214 Å². The van der Waals surface area contributed by atoms with Crippen molar-refractivity contribution in [3.05, 3.63) is 35.4 Å². The van der Waals surface area contributed by atoms with Gasteiger partial charge in [0, 0.05) is 22.8 Å². The molecule has 2 aromatic carbocycles. The number of benzene rings is 2. The molecule has 7 heteroatoms. The van der Waals surface area contributed by atoms with Gasteiger partial charge >= 0.3 is 0 Å². The van der Waals surface area contributed by atoms with Crippen molar-refractivity contribution in [2.45, 2.75) is 45.4 Å². The van der Waals surface area contributed by atoms with Gasteiger partial charge < -0.3 is 30.6 Å². The SMILES string of the molecule is CCOc1cc(OCCCC2CCNC2)c(N)c2c1-c1c(OCCCC3CCNC3)cccc1C2=O. The van der Waals surface area contributed by atoms with Crippen molar-refractivity contribution in [1.29, 1.82) is 0 Å². The number of carbonyl (C=O) groups is 1. The highest BCUT2D eigenvalue weighted by atomic mass is 16.5. The summed E-state index contributed by atoms with van der Waals surface area (Å²) >= 11 is 0. The number of carbonyl (C=O) groups excluding carboxylic acids is 1. The zero-order valence-electron chi connectivity index (χ0n) is 21.4.